The summed E-state index contributed by atoms with van der Waals surface area (Å²) in [4.78, 5) is 3.12. The van der Waals surface area contributed by atoms with Gasteiger partial charge in [-0.2, -0.15) is 0 Å². The Labute approximate surface area is 153 Å². The van der Waals surface area contributed by atoms with Crippen molar-refractivity contribution in [2.24, 2.45) is 0 Å². The van der Waals surface area contributed by atoms with Crippen molar-refractivity contribution in [3.8, 4) is 16.5 Å². The van der Waals surface area contributed by atoms with Crippen molar-refractivity contribution < 1.29 is 9.15 Å². The van der Waals surface area contributed by atoms with Crippen molar-refractivity contribution in [1.82, 2.24) is 15.1 Å². The van der Waals surface area contributed by atoms with E-state index in [2.05, 4.69) is 31.0 Å². The Morgan fingerprint density at radius 3 is 2.75 bits per heavy atom. The van der Waals surface area contributed by atoms with E-state index in [9.17, 15) is 0 Å². The maximum Gasteiger partial charge on any atom is 0.257 e. The molecule has 126 valence electrons. The zero-order chi connectivity index (χ0) is 16.9. The molecule has 3 rings (SSSR count). The minimum atomic E-state index is 0.0275. The Morgan fingerprint density at radius 2 is 2.04 bits per heavy atom. The highest BCUT2D eigenvalue weighted by molar-refractivity contribution is 9.10. The first kappa shape index (κ1) is 17.1. The molecule has 0 aliphatic heterocycles. The predicted octanol–water partition coefficient (Wildman–Crippen LogP) is 4.63. The number of halogens is 1. The molecule has 0 amide bonds. The van der Waals surface area contributed by atoms with Crippen molar-refractivity contribution in [2.75, 3.05) is 20.2 Å². The molecule has 0 N–H and O–H groups in total. The Morgan fingerprint density at radius 1 is 1.25 bits per heavy atom. The van der Waals surface area contributed by atoms with E-state index < -0.39 is 0 Å². The molecule has 0 saturated heterocycles. The van der Waals surface area contributed by atoms with Gasteiger partial charge < -0.3 is 9.15 Å². The van der Waals surface area contributed by atoms with Crippen LogP contribution in [0, 0.1) is 0 Å². The Bertz CT molecular complexity index is 759. The van der Waals surface area contributed by atoms with Crippen LogP contribution < -0.4 is 4.74 Å². The summed E-state index contributed by atoms with van der Waals surface area (Å²) < 4.78 is 12.6. The average molecular weight is 408 g/mol. The van der Waals surface area contributed by atoms with E-state index in [1.165, 1.54) is 0 Å². The van der Waals surface area contributed by atoms with E-state index in [4.69, 9.17) is 9.15 Å². The van der Waals surface area contributed by atoms with Gasteiger partial charge in [-0.15, -0.1) is 21.5 Å². The molecule has 2 aromatic heterocycles. The van der Waals surface area contributed by atoms with Gasteiger partial charge in [0.05, 0.1) is 10.9 Å². The molecule has 0 radical (unpaired) electrons. The monoisotopic (exact) mass is 407 g/mol. The Hall–Kier alpha value is -1.70. The highest BCUT2D eigenvalue weighted by Gasteiger charge is 2.19. The van der Waals surface area contributed by atoms with Gasteiger partial charge in [0, 0.05) is 11.0 Å². The van der Waals surface area contributed by atoms with Crippen LogP contribution >= 0.6 is 27.3 Å². The fourth-order valence-electron chi connectivity index (χ4n) is 2.12. The minimum absolute atomic E-state index is 0.0275. The van der Waals surface area contributed by atoms with Gasteiger partial charge in [0.15, 0.2) is 0 Å². The number of ether oxygens (including phenoxy) is 1. The molecule has 0 spiro atoms. The van der Waals surface area contributed by atoms with Crippen LogP contribution in [0.1, 0.15) is 18.9 Å². The first-order chi connectivity index (χ1) is 11.6. The summed E-state index contributed by atoms with van der Waals surface area (Å²) in [6.45, 7) is 3.40. The quantitative estimate of drug-likeness (QED) is 0.571. The van der Waals surface area contributed by atoms with E-state index in [-0.39, 0.29) is 6.04 Å². The summed E-state index contributed by atoms with van der Waals surface area (Å²) in [6, 6.07) is 11.8. The van der Waals surface area contributed by atoms with Crippen LogP contribution in [0.5, 0.6) is 5.75 Å². The maximum absolute atomic E-state index is 5.79. The highest BCUT2D eigenvalue weighted by atomic mass is 79.9. The lowest BCUT2D eigenvalue weighted by Gasteiger charge is -2.21. The molecule has 0 fully saturated rings. The second kappa shape index (κ2) is 7.92. The third-order valence-electron chi connectivity index (χ3n) is 3.72. The van der Waals surface area contributed by atoms with Crippen LogP contribution in [0.25, 0.3) is 10.8 Å². The number of aromatic nitrogens is 2. The molecular formula is C17H18BrN3O2S. The zero-order valence-corrected chi connectivity index (χ0v) is 15.9. The molecule has 7 heteroatoms. The summed E-state index contributed by atoms with van der Waals surface area (Å²) in [5.41, 5.74) is 0. The van der Waals surface area contributed by atoms with Crippen LogP contribution in [0.3, 0.4) is 0 Å². The zero-order valence-electron chi connectivity index (χ0n) is 13.5. The number of hydrogen-bond donors (Lipinski definition) is 0. The van der Waals surface area contributed by atoms with Gasteiger partial charge in [-0.1, -0.05) is 22.0 Å². The molecule has 0 aliphatic carbocycles. The summed E-state index contributed by atoms with van der Waals surface area (Å²) in [7, 11) is 2.02. The number of benzene rings is 1. The molecule has 5 nitrogen and oxygen atoms in total. The van der Waals surface area contributed by atoms with Gasteiger partial charge >= 0.3 is 0 Å². The molecular weight excluding hydrogens is 390 g/mol. The SMILES string of the molecule is C[C@@H](c1nnc(-c2cccs2)o1)N(C)CCOc1ccc(Br)cc1. The molecule has 3 aromatic rings. The van der Waals surface area contributed by atoms with Crippen LogP contribution in [0.2, 0.25) is 0 Å². The van der Waals surface area contributed by atoms with Crippen LogP contribution in [-0.2, 0) is 0 Å². The van der Waals surface area contributed by atoms with E-state index in [0.717, 1.165) is 21.6 Å². The molecule has 2 heterocycles. The molecule has 0 bridgehead atoms. The summed E-state index contributed by atoms with van der Waals surface area (Å²) in [6.07, 6.45) is 0. The Kier molecular flexibility index (Phi) is 5.65. The summed E-state index contributed by atoms with van der Waals surface area (Å²) in [5.74, 6) is 2.05. The van der Waals surface area contributed by atoms with Crippen molar-refractivity contribution >= 4 is 27.3 Å². The van der Waals surface area contributed by atoms with Gasteiger partial charge in [0.2, 0.25) is 5.89 Å². The number of likely N-dealkylation sites (N-methyl/N-ethyl adjacent to an activating group) is 1. The van der Waals surface area contributed by atoms with E-state index in [0.29, 0.717) is 18.4 Å². The molecule has 1 aromatic carbocycles. The normalized spacial score (nSPS) is 12.5. The van der Waals surface area contributed by atoms with Gasteiger partial charge in [-0.25, -0.2) is 0 Å². The number of rotatable bonds is 7. The largest absolute Gasteiger partial charge is 0.492 e. The molecule has 0 unspecified atom stereocenters. The standard InChI is InChI=1S/C17H18BrN3O2S/c1-12(16-19-20-17(23-16)15-4-3-11-24-15)21(2)9-10-22-14-7-5-13(18)6-8-14/h3-8,11-12H,9-10H2,1-2H3/t12-/m0/s1. The number of thiophene rings is 1. The smallest absolute Gasteiger partial charge is 0.257 e. The van der Waals surface area contributed by atoms with Crippen LogP contribution in [0.4, 0.5) is 0 Å². The summed E-state index contributed by atoms with van der Waals surface area (Å²) in [5, 5.41) is 10.3. The van der Waals surface area contributed by atoms with E-state index >= 15 is 0 Å². The average Bonchev–Trinajstić information content (AvgIpc) is 3.27. The summed E-state index contributed by atoms with van der Waals surface area (Å²) >= 11 is 5.00. The fraction of sp³-hybridized carbons (Fsp3) is 0.294. The van der Waals surface area contributed by atoms with Crippen LogP contribution in [0.15, 0.2) is 50.7 Å². The van der Waals surface area contributed by atoms with Crippen molar-refractivity contribution in [2.45, 2.75) is 13.0 Å². The molecule has 1 atom stereocenters. The number of hydrogen-bond acceptors (Lipinski definition) is 6. The number of nitrogens with zero attached hydrogens (tertiary/aromatic N) is 3. The third kappa shape index (κ3) is 4.23. The van der Waals surface area contributed by atoms with Gasteiger partial charge in [-0.05, 0) is 49.7 Å². The predicted molar refractivity (Wildman–Crippen MR) is 98.3 cm³/mol. The lowest BCUT2D eigenvalue weighted by molar-refractivity contribution is 0.182. The first-order valence-electron chi connectivity index (χ1n) is 7.59. The van der Waals surface area contributed by atoms with E-state index in [1.807, 2.05) is 55.7 Å². The minimum Gasteiger partial charge on any atom is -0.492 e. The lowest BCUT2D eigenvalue weighted by Crippen LogP contribution is -2.27. The van der Waals surface area contributed by atoms with Gasteiger partial charge in [0.1, 0.15) is 12.4 Å². The van der Waals surface area contributed by atoms with Gasteiger partial charge in [-0.3, -0.25) is 4.90 Å². The van der Waals surface area contributed by atoms with E-state index in [1.54, 1.807) is 11.3 Å². The maximum atomic E-state index is 5.79. The van der Waals surface area contributed by atoms with Crippen LogP contribution in [-0.4, -0.2) is 35.3 Å². The highest BCUT2D eigenvalue weighted by Crippen LogP contribution is 2.26. The van der Waals surface area contributed by atoms with Gasteiger partial charge in [0.25, 0.3) is 5.89 Å². The second-order valence-electron chi connectivity index (χ2n) is 5.38. The second-order valence-corrected chi connectivity index (χ2v) is 7.25. The fourth-order valence-corrected chi connectivity index (χ4v) is 3.03. The molecule has 24 heavy (non-hydrogen) atoms. The lowest BCUT2D eigenvalue weighted by atomic mass is 10.3. The first-order valence-corrected chi connectivity index (χ1v) is 9.26. The van der Waals surface area contributed by atoms with Crippen molar-refractivity contribution in [3.63, 3.8) is 0 Å². The van der Waals surface area contributed by atoms with Crippen molar-refractivity contribution in [1.29, 1.82) is 0 Å². The third-order valence-corrected chi connectivity index (χ3v) is 5.10. The Balaban J connectivity index is 1.53. The topological polar surface area (TPSA) is 51.4 Å². The molecule has 0 aliphatic rings. The molecule has 0 saturated carbocycles. The van der Waals surface area contributed by atoms with Crippen molar-refractivity contribution in [3.05, 3.63) is 52.1 Å².